The zero-order chi connectivity index (χ0) is 21.7. The summed E-state index contributed by atoms with van der Waals surface area (Å²) in [6.07, 6.45) is 17.5. The number of hydrogen-bond donors (Lipinski definition) is 2. The molecule has 2 aliphatic carbocycles. The van der Waals surface area contributed by atoms with Crippen molar-refractivity contribution in [3.8, 4) is 0 Å². The summed E-state index contributed by atoms with van der Waals surface area (Å²) in [4.78, 5) is 11.8. The summed E-state index contributed by atoms with van der Waals surface area (Å²) >= 11 is 0. The van der Waals surface area contributed by atoms with Gasteiger partial charge in [-0.1, -0.05) is 61.1 Å². The number of likely N-dealkylation sites (N-methyl/N-ethyl adjacent to an activating group) is 1. The van der Waals surface area contributed by atoms with Gasteiger partial charge < -0.3 is 10.4 Å². The molecule has 2 unspecified atom stereocenters. The van der Waals surface area contributed by atoms with Crippen molar-refractivity contribution in [3.05, 3.63) is 78.1 Å². The third-order valence-electron chi connectivity index (χ3n) is 6.28. The van der Waals surface area contributed by atoms with Crippen LogP contribution in [0.15, 0.2) is 82.5 Å². The number of aliphatic hydroxyl groups excluding tert-OH is 1. The molecule has 0 amide bonds. The number of benzene rings is 1. The first kappa shape index (κ1) is 21.5. The Bertz CT molecular complexity index is 991. The number of guanidine groups is 1. The van der Waals surface area contributed by atoms with Crippen LogP contribution in [0.4, 0.5) is 5.69 Å². The third-order valence-corrected chi connectivity index (χ3v) is 6.28. The Labute approximate surface area is 186 Å². The second-order valence-electron chi connectivity index (χ2n) is 8.53. The molecule has 31 heavy (non-hydrogen) atoms. The third kappa shape index (κ3) is 4.94. The molecule has 0 aromatic heterocycles. The Kier molecular flexibility index (Phi) is 6.64. The Morgan fingerprint density at radius 1 is 1.35 bits per heavy atom. The molecule has 1 heterocycles. The number of allylic oxidation sites excluding steroid dienone is 4. The van der Waals surface area contributed by atoms with Crippen molar-refractivity contribution in [2.24, 2.45) is 21.3 Å². The van der Waals surface area contributed by atoms with E-state index >= 15 is 0 Å². The number of hydrogen-bond acceptors (Lipinski definition) is 5. The highest BCUT2D eigenvalue weighted by molar-refractivity contribution is 6.08. The van der Waals surface area contributed by atoms with E-state index in [1.165, 1.54) is 16.8 Å². The number of aryl methyl sites for hydroxylation is 1. The summed E-state index contributed by atoms with van der Waals surface area (Å²) in [7, 11) is 2.12. The van der Waals surface area contributed by atoms with Gasteiger partial charge in [-0.2, -0.15) is 0 Å². The number of aliphatic hydroxyl groups is 1. The summed E-state index contributed by atoms with van der Waals surface area (Å²) in [5.41, 5.74) is 4.99. The first-order valence-corrected chi connectivity index (χ1v) is 11.1. The van der Waals surface area contributed by atoms with E-state index in [-0.39, 0.29) is 13.4 Å². The van der Waals surface area contributed by atoms with E-state index in [9.17, 15) is 0 Å². The van der Waals surface area contributed by atoms with E-state index in [4.69, 9.17) is 10.1 Å². The average Bonchev–Trinajstić information content (AvgIpc) is 3.56. The molecule has 1 aromatic rings. The largest absolute Gasteiger partial charge is 0.392 e. The SMILES string of the molecule is CCc1cccc(NC2=NC=CCC(C34C=CC=C(CN(C)C/C=C/CO)C3C4)=N2)c1.[HH]. The molecule has 2 atom stereocenters. The van der Waals surface area contributed by atoms with Crippen molar-refractivity contribution in [3.63, 3.8) is 0 Å². The molecule has 4 rings (SSSR count). The summed E-state index contributed by atoms with van der Waals surface area (Å²) < 4.78 is 0. The molecule has 0 radical (unpaired) electrons. The van der Waals surface area contributed by atoms with Gasteiger partial charge in [0.1, 0.15) is 0 Å². The fraction of sp³-hybridized carbons (Fsp3) is 0.385. The highest BCUT2D eigenvalue weighted by Crippen LogP contribution is 2.61. The molecule has 1 aromatic carbocycles. The van der Waals surface area contributed by atoms with Gasteiger partial charge in [-0.3, -0.25) is 4.90 Å². The van der Waals surface area contributed by atoms with Gasteiger partial charge in [0.2, 0.25) is 5.96 Å². The van der Waals surface area contributed by atoms with E-state index in [2.05, 4.69) is 77.8 Å². The zero-order valence-electron chi connectivity index (χ0n) is 18.5. The van der Waals surface area contributed by atoms with Crippen LogP contribution in [0.5, 0.6) is 0 Å². The van der Waals surface area contributed by atoms with Crippen LogP contribution >= 0.6 is 0 Å². The van der Waals surface area contributed by atoms with E-state index in [0.29, 0.717) is 11.9 Å². The summed E-state index contributed by atoms with van der Waals surface area (Å²) in [5.74, 6) is 1.17. The first-order valence-electron chi connectivity index (χ1n) is 11.1. The summed E-state index contributed by atoms with van der Waals surface area (Å²) in [6.45, 7) is 4.02. The van der Waals surface area contributed by atoms with Gasteiger partial charge in [0, 0.05) is 44.0 Å². The van der Waals surface area contributed by atoms with Gasteiger partial charge >= 0.3 is 0 Å². The maximum Gasteiger partial charge on any atom is 0.227 e. The molecule has 5 heteroatoms. The Balaban J connectivity index is 0.00000289. The fourth-order valence-electron chi connectivity index (χ4n) is 4.51. The molecule has 5 nitrogen and oxygen atoms in total. The van der Waals surface area contributed by atoms with Gasteiger partial charge in [-0.05, 0) is 43.5 Å². The van der Waals surface area contributed by atoms with Crippen molar-refractivity contribution in [1.82, 2.24) is 4.90 Å². The van der Waals surface area contributed by atoms with Crippen molar-refractivity contribution in [2.45, 2.75) is 26.2 Å². The van der Waals surface area contributed by atoms with E-state index in [0.717, 1.165) is 38.0 Å². The smallest absolute Gasteiger partial charge is 0.227 e. The summed E-state index contributed by atoms with van der Waals surface area (Å²) in [5, 5.41) is 12.3. The highest BCUT2D eigenvalue weighted by Gasteiger charge is 2.57. The maximum atomic E-state index is 8.93. The Morgan fingerprint density at radius 2 is 2.26 bits per heavy atom. The molecule has 0 saturated heterocycles. The topological polar surface area (TPSA) is 60.2 Å². The lowest BCUT2D eigenvalue weighted by molar-refractivity contribution is 0.340. The highest BCUT2D eigenvalue weighted by atomic mass is 16.2. The van der Waals surface area contributed by atoms with Crippen LogP contribution in [0, 0.1) is 11.3 Å². The Morgan fingerprint density at radius 3 is 3.10 bits per heavy atom. The van der Waals surface area contributed by atoms with Crippen LogP contribution in [0.1, 0.15) is 26.8 Å². The second-order valence-corrected chi connectivity index (χ2v) is 8.53. The first-order chi connectivity index (χ1) is 15.1. The number of nitrogens with one attached hydrogen (secondary N) is 1. The Hall–Kier alpha value is -2.76. The minimum absolute atomic E-state index is 0. The van der Waals surface area contributed by atoms with Crippen molar-refractivity contribution in [2.75, 3.05) is 32.1 Å². The van der Waals surface area contributed by atoms with Crippen LogP contribution in [0.25, 0.3) is 0 Å². The fourth-order valence-corrected chi connectivity index (χ4v) is 4.51. The molecule has 1 fully saturated rings. The number of nitrogens with zero attached hydrogens (tertiary/aromatic N) is 3. The van der Waals surface area contributed by atoms with E-state index < -0.39 is 0 Å². The van der Waals surface area contributed by atoms with Crippen LogP contribution in [-0.2, 0) is 6.42 Å². The molecule has 0 bridgehead atoms. The summed E-state index contributed by atoms with van der Waals surface area (Å²) in [6, 6.07) is 8.43. The molecule has 164 valence electrons. The number of fused-ring (bicyclic) bond motifs is 1. The van der Waals surface area contributed by atoms with Crippen molar-refractivity contribution >= 4 is 17.4 Å². The van der Waals surface area contributed by atoms with Crippen LogP contribution in [-0.4, -0.2) is 48.4 Å². The monoisotopic (exact) mass is 418 g/mol. The maximum absolute atomic E-state index is 8.93. The number of aliphatic imine (C=N–C) groups is 2. The lowest BCUT2D eigenvalue weighted by Crippen LogP contribution is -2.26. The lowest BCUT2D eigenvalue weighted by Gasteiger charge is -2.23. The van der Waals surface area contributed by atoms with Crippen molar-refractivity contribution < 1.29 is 6.53 Å². The van der Waals surface area contributed by atoms with Gasteiger partial charge in [-0.15, -0.1) is 0 Å². The van der Waals surface area contributed by atoms with Crippen molar-refractivity contribution in [1.29, 1.82) is 0 Å². The average molecular weight is 419 g/mol. The molecule has 3 aliphatic rings. The zero-order valence-corrected chi connectivity index (χ0v) is 18.5. The minimum Gasteiger partial charge on any atom is -0.392 e. The number of rotatable bonds is 8. The number of anilines is 1. The molecule has 2 N–H and O–H groups in total. The molecule has 1 aliphatic heterocycles. The quantitative estimate of drug-likeness (QED) is 0.607. The molecular weight excluding hydrogens is 384 g/mol. The van der Waals surface area contributed by atoms with E-state index in [1.807, 2.05) is 12.3 Å². The van der Waals surface area contributed by atoms with Crippen LogP contribution < -0.4 is 5.32 Å². The molecular formula is C26H34N4O. The van der Waals surface area contributed by atoms with Crippen LogP contribution in [0.2, 0.25) is 0 Å². The molecule has 1 saturated carbocycles. The minimum atomic E-state index is 0. The van der Waals surface area contributed by atoms with E-state index in [1.54, 1.807) is 6.08 Å². The van der Waals surface area contributed by atoms with Crippen LogP contribution in [0.3, 0.4) is 0 Å². The molecule has 0 spiro atoms. The van der Waals surface area contributed by atoms with Gasteiger partial charge in [0.15, 0.2) is 0 Å². The second kappa shape index (κ2) is 9.58. The predicted octanol–water partition coefficient (Wildman–Crippen LogP) is 4.60. The predicted molar refractivity (Wildman–Crippen MR) is 132 cm³/mol. The van der Waals surface area contributed by atoms with Gasteiger partial charge in [0.05, 0.1) is 6.61 Å². The standard InChI is InChI=1S/C26H32N4O.H2/c1-3-20-9-6-11-22(17-20)28-25-27-14-8-12-24(29-25)26-13-7-10-21(23(26)18-26)19-30(2)15-4-5-16-31;/h4-11,13-14,17,23,31H,3,12,15-16,18-19H2,1-2H3,(H,27,28);1H/b5-4+;. The lowest BCUT2D eigenvalue weighted by atomic mass is 9.87. The van der Waals surface area contributed by atoms with Gasteiger partial charge in [-0.25, -0.2) is 9.98 Å². The van der Waals surface area contributed by atoms with Gasteiger partial charge in [0.25, 0.3) is 0 Å². The normalized spacial score (nSPS) is 24.5.